The van der Waals surface area contributed by atoms with Crippen molar-refractivity contribution in [2.75, 3.05) is 0 Å². The van der Waals surface area contributed by atoms with Gasteiger partial charge in [-0.1, -0.05) is 15.9 Å². The van der Waals surface area contributed by atoms with E-state index in [2.05, 4.69) is 36.1 Å². The monoisotopic (exact) mass is 390 g/mol. The zero-order valence-corrected chi connectivity index (χ0v) is 14.2. The summed E-state index contributed by atoms with van der Waals surface area (Å²) in [5.41, 5.74) is 0.880. The summed E-state index contributed by atoms with van der Waals surface area (Å²) < 4.78 is 6.71. The van der Waals surface area contributed by atoms with Gasteiger partial charge in [0.25, 0.3) is 5.22 Å². The quantitative estimate of drug-likeness (QED) is 0.474. The van der Waals surface area contributed by atoms with Crippen LogP contribution in [0.5, 0.6) is 0 Å². The highest BCUT2D eigenvalue weighted by Gasteiger charge is 2.13. The van der Waals surface area contributed by atoms with E-state index in [9.17, 15) is 0 Å². The number of rotatable bonds is 3. The van der Waals surface area contributed by atoms with Crippen molar-refractivity contribution in [3.63, 3.8) is 0 Å². The van der Waals surface area contributed by atoms with Crippen LogP contribution >= 0.6 is 39.0 Å². The molecule has 108 valence electrons. The molecule has 0 aliphatic rings. The Labute approximate surface area is 141 Å². The number of halogens is 1. The third kappa shape index (κ3) is 2.65. The third-order valence-corrected chi connectivity index (χ3v) is 5.11. The SMILES string of the molecule is Brc1ccc(-c2nnc(Sc3ncnc4sccc34)o2)cc1. The van der Waals surface area contributed by atoms with Crippen LogP contribution < -0.4 is 0 Å². The van der Waals surface area contributed by atoms with E-state index in [1.165, 1.54) is 11.8 Å². The Morgan fingerprint density at radius 3 is 2.77 bits per heavy atom. The zero-order chi connectivity index (χ0) is 14.9. The Morgan fingerprint density at radius 1 is 1.05 bits per heavy atom. The van der Waals surface area contributed by atoms with Gasteiger partial charge in [0.1, 0.15) is 16.2 Å². The molecule has 0 aliphatic carbocycles. The highest BCUT2D eigenvalue weighted by molar-refractivity contribution is 9.10. The van der Waals surface area contributed by atoms with Crippen molar-refractivity contribution >= 4 is 49.2 Å². The van der Waals surface area contributed by atoms with Gasteiger partial charge in [0, 0.05) is 15.4 Å². The first-order valence-corrected chi connectivity index (χ1v) is 8.74. The van der Waals surface area contributed by atoms with Gasteiger partial charge >= 0.3 is 0 Å². The molecule has 4 aromatic rings. The Bertz CT molecular complexity index is 935. The largest absolute Gasteiger partial charge is 0.411 e. The fraction of sp³-hybridized carbons (Fsp3) is 0. The first-order valence-electron chi connectivity index (χ1n) is 6.25. The molecule has 0 aliphatic heterocycles. The van der Waals surface area contributed by atoms with Crippen molar-refractivity contribution in [2.24, 2.45) is 0 Å². The molecule has 0 saturated carbocycles. The van der Waals surface area contributed by atoms with E-state index in [0.717, 1.165) is 25.3 Å². The smallest absolute Gasteiger partial charge is 0.283 e. The van der Waals surface area contributed by atoms with Crippen LogP contribution in [0.1, 0.15) is 0 Å². The van der Waals surface area contributed by atoms with E-state index in [1.807, 2.05) is 35.7 Å². The molecule has 22 heavy (non-hydrogen) atoms. The van der Waals surface area contributed by atoms with Crippen LogP contribution in [0.25, 0.3) is 21.7 Å². The molecular formula is C14H7BrN4OS2. The van der Waals surface area contributed by atoms with Gasteiger partial charge in [0.2, 0.25) is 5.89 Å². The van der Waals surface area contributed by atoms with E-state index in [0.29, 0.717) is 11.1 Å². The van der Waals surface area contributed by atoms with E-state index in [1.54, 1.807) is 17.7 Å². The Kier molecular flexibility index (Phi) is 3.65. The average Bonchev–Trinajstić information content (AvgIpc) is 3.17. The standard InChI is InChI=1S/C14H7BrN4OS2/c15-9-3-1-8(2-4-9)11-18-19-14(20-11)22-13-10-5-6-21-12(10)16-7-17-13/h1-7H. The molecule has 4 rings (SSSR count). The van der Waals surface area contributed by atoms with E-state index in [-0.39, 0.29) is 0 Å². The van der Waals surface area contributed by atoms with Crippen molar-refractivity contribution in [3.05, 3.63) is 46.5 Å². The molecule has 8 heteroatoms. The zero-order valence-electron chi connectivity index (χ0n) is 10.9. The second kappa shape index (κ2) is 5.79. The summed E-state index contributed by atoms with van der Waals surface area (Å²) in [4.78, 5) is 9.47. The fourth-order valence-electron chi connectivity index (χ4n) is 1.89. The topological polar surface area (TPSA) is 64.7 Å². The predicted molar refractivity (Wildman–Crippen MR) is 89.0 cm³/mol. The lowest BCUT2D eigenvalue weighted by Crippen LogP contribution is -1.83. The lowest BCUT2D eigenvalue weighted by atomic mass is 10.2. The number of nitrogens with zero attached hydrogens (tertiary/aromatic N) is 4. The lowest BCUT2D eigenvalue weighted by molar-refractivity contribution is 0.465. The lowest BCUT2D eigenvalue weighted by Gasteiger charge is -1.97. The number of aromatic nitrogens is 4. The van der Waals surface area contributed by atoms with Crippen LogP contribution in [-0.4, -0.2) is 20.2 Å². The Hall–Kier alpha value is -1.77. The average molecular weight is 391 g/mol. The molecular weight excluding hydrogens is 384 g/mol. The molecule has 0 N–H and O–H groups in total. The number of thiophene rings is 1. The molecule has 0 saturated heterocycles. The van der Waals surface area contributed by atoms with Gasteiger partial charge in [-0.15, -0.1) is 21.5 Å². The summed E-state index contributed by atoms with van der Waals surface area (Å²) in [5.74, 6) is 0.491. The molecule has 1 aromatic carbocycles. The molecule has 0 amide bonds. The molecule has 0 unspecified atom stereocenters. The number of fused-ring (bicyclic) bond motifs is 1. The summed E-state index contributed by atoms with van der Waals surface area (Å²) in [5, 5.41) is 12.4. The third-order valence-electron chi connectivity index (χ3n) is 2.91. The fourth-order valence-corrected chi connectivity index (χ4v) is 3.70. The van der Waals surface area contributed by atoms with Crippen molar-refractivity contribution in [1.29, 1.82) is 0 Å². The second-order valence-electron chi connectivity index (χ2n) is 4.30. The van der Waals surface area contributed by atoms with Crippen molar-refractivity contribution in [3.8, 4) is 11.5 Å². The maximum atomic E-state index is 5.71. The summed E-state index contributed by atoms with van der Waals surface area (Å²) in [6.07, 6.45) is 1.55. The van der Waals surface area contributed by atoms with E-state index in [4.69, 9.17) is 4.42 Å². The van der Waals surface area contributed by atoms with Crippen LogP contribution in [0.2, 0.25) is 0 Å². The molecule has 0 atom stereocenters. The normalized spacial score (nSPS) is 11.1. The molecule has 0 spiro atoms. The van der Waals surface area contributed by atoms with Crippen LogP contribution in [0, 0.1) is 0 Å². The van der Waals surface area contributed by atoms with Crippen LogP contribution in [-0.2, 0) is 0 Å². The number of hydrogen-bond acceptors (Lipinski definition) is 7. The summed E-state index contributed by atoms with van der Waals surface area (Å²) in [7, 11) is 0. The van der Waals surface area contributed by atoms with Gasteiger partial charge in [-0.25, -0.2) is 9.97 Å². The van der Waals surface area contributed by atoms with Crippen molar-refractivity contribution < 1.29 is 4.42 Å². The summed E-state index contributed by atoms with van der Waals surface area (Å²) >= 11 is 6.33. The molecule has 5 nitrogen and oxygen atoms in total. The number of benzene rings is 1. The Balaban J connectivity index is 1.64. The molecule has 3 heterocycles. The highest BCUT2D eigenvalue weighted by atomic mass is 79.9. The summed E-state index contributed by atoms with van der Waals surface area (Å²) in [6.45, 7) is 0. The molecule has 0 fully saturated rings. The molecule has 0 bridgehead atoms. The van der Waals surface area contributed by atoms with Crippen LogP contribution in [0.4, 0.5) is 0 Å². The maximum Gasteiger partial charge on any atom is 0.283 e. The molecule has 0 radical (unpaired) electrons. The summed E-state index contributed by atoms with van der Waals surface area (Å²) in [6, 6.07) is 9.72. The van der Waals surface area contributed by atoms with Crippen molar-refractivity contribution in [2.45, 2.75) is 10.2 Å². The predicted octanol–water partition coefficient (Wildman–Crippen LogP) is 4.66. The van der Waals surface area contributed by atoms with Crippen LogP contribution in [0.3, 0.4) is 0 Å². The van der Waals surface area contributed by atoms with Crippen LogP contribution in [0.15, 0.2) is 61.2 Å². The first-order chi connectivity index (χ1) is 10.8. The van der Waals surface area contributed by atoms with Gasteiger partial charge in [-0.3, -0.25) is 0 Å². The Morgan fingerprint density at radius 2 is 1.91 bits per heavy atom. The molecule has 3 aromatic heterocycles. The van der Waals surface area contributed by atoms with Gasteiger partial charge in [0.05, 0.1) is 0 Å². The minimum Gasteiger partial charge on any atom is -0.411 e. The van der Waals surface area contributed by atoms with Gasteiger partial charge in [0.15, 0.2) is 0 Å². The van der Waals surface area contributed by atoms with Crippen molar-refractivity contribution in [1.82, 2.24) is 20.2 Å². The van der Waals surface area contributed by atoms with E-state index >= 15 is 0 Å². The maximum absolute atomic E-state index is 5.71. The van der Waals surface area contributed by atoms with Gasteiger partial charge < -0.3 is 4.42 Å². The minimum absolute atomic E-state index is 0.462. The first kappa shape index (κ1) is 13.9. The highest BCUT2D eigenvalue weighted by Crippen LogP contribution is 2.33. The van der Waals surface area contributed by atoms with Gasteiger partial charge in [-0.2, -0.15) is 0 Å². The van der Waals surface area contributed by atoms with Gasteiger partial charge in [-0.05, 0) is 47.5 Å². The minimum atomic E-state index is 0.462. The van der Waals surface area contributed by atoms with E-state index < -0.39 is 0 Å². The number of hydrogen-bond donors (Lipinski definition) is 0. The second-order valence-corrected chi connectivity index (χ2v) is 7.05.